The number of hydrogen-bond donors (Lipinski definition) is 1. The molecule has 0 fully saturated rings. The van der Waals surface area contributed by atoms with Gasteiger partial charge in [-0.2, -0.15) is 0 Å². The molecule has 2 aromatic rings. The van der Waals surface area contributed by atoms with Gasteiger partial charge in [0.1, 0.15) is 12.1 Å². The van der Waals surface area contributed by atoms with Crippen molar-refractivity contribution in [3.8, 4) is 0 Å². The summed E-state index contributed by atoms with van der Waals surface area (Å²) in [6.45, 7) is 0. The van der Waals surface area contributed by atoms with E-state index >= 15 is 0 Å². The molecule has 0 aliphatic rings. The molecular formula is C12H8FNO3. The SMILES string of the molecule is O=C(O)c1coc(/C=C/c2ccc(F)cc2)n1. The number of halogens is 1. The van der Waals surface area contributed by atoms with Crippen LogP contribution in [0.4, 0.5) is 4.39 Å². The molecule has 1 aromatic carbocycles. The van der Waals surface area contributed by atoms with Crippen molar-refractivity contribution in [2.75, 3.05) is 0 Å². The average Bonchev–Trinajstić information content (AvgIpc) is 2.77. The molecule has 2 rings (SSSR count). The Kier molecular flexibility index (Phi) is 3.00. The molecule has 0 saturated heterocycles. The van der Waals surface area contributed by atoms with Crippen molar-refractivity contribution in [2.45, 2.75) is 0 Å². The zero-order valence-corrected chi connectivity index (χ0v) is 8.63. The number of aromatic nitrogens is 1. The third-order valence-electron chi connectivity index (χ3n) is 2.03. The molecule has 0 spiro atoms. The van der Waals surface area contributed by atoms with Crippen LogP contribution in [0.3, 0.4) is 0 Å². The second-order valence-electron chi connectivity index (χ2n) is 3.26. The van der Waals surface area contributed by atoms with Crippen LogP contribution in [-0.4, -0.2) is 16.1 Å². The fourth-order valence-electron chi connectivity index (χ4n) is 1.20. The highest BCUT2D eigenvalue weighted by molar-refractivity contribution is 5.85. The number of carboxylic acids is 1. The summed E-state index contributed by atoms with van der Waals surface area (Å²) in [5.74, 6) is -1.27. The first-order valence-corrected chi connectivity index (χ1v) is 4.77. The lowest BCUT2D eigenvalue weighted by molar-refractivity contribution is 0.0690. The molecule has 4 nitrogen and oxygen atoms in total. The van der Waals surface area contributed by atoms with Gasteiger partial charge in [0.2, 0.25) is 5.89 Å². The molecular weight excluding hydrogens is 225 g/mol. The first-order chi connectivity index (χ1) is 8.15. The Morgan fingerprint density at radius 1 is 1.29 bits per heavy atom. The molecule has 1 aromatic heterocycles. The van der Waals surface area contributed by atoms with Crippen LogP contribution in [0.1, 0.15) is 21.9 Å². The van der Waals surface area contributed by atoms with Gasteiger partial charge in [0.25, 0.3) is 0 Å². The largest absolute Gasteiger partial charge is 0.476 e. The molecule has 0 atom stereocenters. The summed E-state index contributed by atoms with van der Waals surface area (Å²) in [6, 6.07) is 5.84. The Bertz CT molecular complexity index is 557. The minimum absolute atomic E-state index is 0.149. The third-order valence-corrected chi connectivity index (χ3v) is 2.03. The lowest BCUT2D eigenvalue weighted by atomic mass is 10.2. The van der Waals surface area contributed by atoms with Crippen molar-refractivity contribution >= 4 is 18.1 Å². The Morgan fingerprint density at radius 2 is 2.00 bits per heavy atom. The van der Waals surface area contributed by atoms with E-state index in [1.54, 1.807) is 18.2 Å². The molecule has 86 valence electrons. The standard InChI is InChI=1S/C12H8FNO3/c13-9-4-1-8(2-5-9)3-6-11-14-10(7-17-11)12(15)16/h1-7H,(H,15,16)/b6-3+. The monoisotopic (exact) mass is 233 g/mol. The second kappa shape index (κ2) is 4.61. The molecule has 5 heteroatoms. The van der Waals surface area contributed by atoms with Gasteiger partial charge in [0, 0.05) is 6.08 Å². The first kappa shape index (κ1) is 11.1. The van der Waals surface area contributed by atoms with Crippen molar-refractivity contribution < 1.29 is 18.7 Å². The highest BCUT2D eigenvalue weighted by atomic mass is 19.1. The number of carboxylic acid groups (broad SMARTS) is 1. The Balaban J connectivity index is 2.14. The second-order valence-corrected chi connectivity index (χ2v) is 3.26. The molecule has 0 aliphatic carbocycles. The van der Waals surface area contributed by atoms with Gasteiger partial charge in [-0.25, -0.2) is 14.2 Å². The third kappa shape index (κ3) is 2.78. The van der Waals surface area contributed by atoms with E-state index in [1.807, 2.05) is 0 Å². The van der Waals surface area contributed by atoms with Crippen LogP contribution in [0, 0.1) is 5.82 Å². The van der Waals surface area contributed by atoms with E-state index in [-0.39, 0.29) is 17.4 Å². The van der Waals surface area contributed by atoms with Crippen LogP contribution in [0.2, 0.25) is 0 Å². The number of nitrogens with zero attached hydrogens (tertiary/aromatic N) is 1. The first-order valence-electron chi connectivity index (χ1n) is 4.77. The van der Waals surface area contributed by atoms with Crippen molar-refractivity contribution in [1.29, 1.82) is 0 Å². The smallest absolute Gasteiger partial charge is 0.357 e. The van der Waals surface area contributed by atoms with E-state index in [0.29, 0.717) is 0 Å². The Hall–Kier alpha value is -2.43. The van der Waals surface area contributed by atoms with Gasteiger partial charge in [0.05, 0.1) is 0 Å². The maximum Gasteiger partial charge on any atom is 0.357 e. The topological polar surface area (TPSA) is 63.3 Å². The van der Waals surface area contributed by atoms with Gasteiger partial charge in [0.15, 0.2) is 5.69 Å². The van der Waals surface area contributed by atoms with E-state index in [9.17, 15) is 9.18 Å². The normalized spacial score (nSPS) is 10.9. The Labute approximate surface area is 96.0 Å². The molecule has 0 bridgehead atoms. The van der Waals surface area contributed by atoms with Crippen LogP contribution in [0.15, 0.2) is 34.9 Å². The van der Waals surface area contributed by atoms with E-state index in [4.69, 9.17) is 9.52 Å². The summed E-state index contributed by atoms with van der Waals surface area (Å²) < 4.78 is 17.5. The lowest BCUT2D eigenvalue weighted by Gasteiger charge is -1.91. The van der Waals surface area contributed by atoms with E-state index in [0.717, 1.165) is 11.8 Å². The van der Waals surface area contributed by atoms with Crippen molar-refractivity contribution in [3.63, 3.8) is 0 Å². The van der Waals surface area contributed by atoms with E-state index in [1.165, 1.54) is 18.2 Å². The minimum atomic E-state index is -1.14. The van der Waals surface area contributed by atoms with Crippen LogP contribution in [0.25, 0.3) is 12.2 Å². The lowest BCUT2D eigenvalue weighted by Crippen LogP contribution is -1.95. The predicted octanol–water partition coefficient (Wildman–Crippen LogP) is 2.68. The van der Waals surface area contributed by atoms with Gasteiger partial charge in [-0.05, 0) is 23.8 Å². The number of oxazole rings is 1. The number of carbonyl (C=O) groups is 1. The number of hydrogen-bond acceptors (Lipinski definition) is 3. The highest BCUT2D eigenvalue weighted by Gasteiger charge is 2.07. The van der Waals surface area contributed by atoms with Gasteiger partial charge in [-0.15, -0.1) is 0 Å². The van der Waals surface area contributed by atoms with Crippen LogP contribution >= 0.6 is 0 Å². The zero-order valence-electron chi connectivity index (χ0n) is 8.63. The fourth-order valence-corrected chi connectivity index (χ4v) is 1.20. The van der Waals surface area contributed by atoms with Crippen LogP contribution in [0.5, 0.6) is 0 Å². The van der Waals surface area contributed by atoms with Crippen molar-refractivity contribution in [2.24, 2.45) is 0 Å². The Morgan fingerprint density at radius 3 is 2.59 bits per heavy atom. The van der Waals surface area contributed by atoms with Gasteiger partial charge in [-0.1, -0.05) is 12.1 Å². The minimum Gasteiger partial charge on any atom is -0.476 e. The number of aromatic carboxylic acids is 1. The van der Waals surface area contributed by atoms with Crippen LogP contribution in [-0.2, 0) is 0 Å². The van der Waals surface area contributed by atoms with Crippen molar-refractivity contribution in [1.82, 2.24) is 4.98 Å². The molecule has 0 amide bonds. The number of benzene rings is 1. The molecule has 0 radical (unpaired) electrons. The maximum atomic E-state index is 12.6. The predicted molar refractivity (Wildman–Crippen MR) is 58.8 cm³/mol. The van der Waals surface area contributed by atoms with E-state index < -0.39 is 5.97 Å². The van der Waals surface area contributed by atoms with Crippen molar-refractivity contribution in [3.05, 3.63) is 53.5 Å². The summed E-state index contributed by atoms with van der Waals surface area (Å²) >= 11 is 0. The number of rotatable bonds is 3. The summed E-state index contributed by atoms with van der Waals surface area (Å²) in [7, 11) is 0. The molecule has 1 N–H and O–H groups in total. The average molecular weight is 233 g/mol. The fraction of sp³-hybridized carbons (Fsp3) is 0. The summed E-state index contributed by atoms with van der Waals surface area (Å²) in [5, 5.41) is 8.63. The van der Waals surface area contributed by atoms with E-state index in [2.05, 4.69) is 4.98 Å². The van der Waals surface area contributed by atoms with Crippen LogP contribution < -0.4 is 0 Å². The molecule has 0 aliphatic heterocycles. The molecule has 17 heavy (non-hydrogen) atoms. The summed E-state index contributed by atoms with van der Waals surface area (Å²) in [5.41, 5.74) is 0.616. The molecule has 1 heterocycles. The van der Waals surface area contributed by atoms with Gasteiger partial charge in [-0.3, -0.25) is 0 Å². The summed E-state index contributed by atoms with van der Waals surface area (Å²) in [6.07, 6.45) is 4.23. The zero-order chi connectivity index (χ0) is 12.3. The molecule has 0 saturated carbocycles. The maximum absolute atomic E-state index is 12.6. The highest BCUT2D eigenvalue weighted by Crippen LogP contribution is 2.09. The van der Waals surface area contributed by atoms with Gasteiger partial charge < -0.3 is 9.52 Å². The quantitative estimate of drug-likeness (QED) is 0.885. The summed E-state index contributed by atoms with van der Waals surface area (Å²) in [4.78, 5) is 14.3. The molecule has 0 unspecified atom stereocenters. The van der Waals surface area contributed by atoms with Gasteiger partial charge >= 0.3 is 5.97 Å².